The summed E-state index contributed by atoms with van der Waals surface area (Å²) in [5.41, 5.74) is 3.62. The maximum atomic E-state index is 12.4. The Kier molecular flexibility index (Phi) is 5.39. The molecule has 1 amide bonds. The van der Waals surface area contributed by atoms with Gasteiger partial charge < -0.3 is 5.32 Å². The first-order valence-electron chi connectivity index (χ1n) is 8.63. The number of rotatable bonds is 6. The molecule has 0 unspecified atom stereocenters. The Hall–Kier alpha value is -2.33. The highest BCUT2D eigenvalue weighted by molar-refractivity contribution is 6.30. The minimum absolute atomic E-state index is 0.0195. The van der Waals surface area contributed by atoms with Crippen molar-refractivity contribution in [1.29, 1.82) is 0 Å². The molecule has 0 aliphatic heterocycles. The second-order valence-electron chi connectivity index (χ2n) is 6.25. The number of aryl methyl sites for hydroxylation is 1. The molecule has 1 N–H and O–H groups in total. The van der Waals surface area contributed by atoms with Gasteiger partial charge in [0.15, 0.2) is 0 Å². The number of aromatic nitrogens is 2. The number of imidazole rings is 1. The van der Waals surface area contributed by atoms with Crippen molar-refractivity contribution in [2.75, 3.05) is 5.32 Å². The standard InChI is InChI=1S/C20H22ClN3O/c1-3-4-5-6-18(25)23-20-19(15-7-9-16(21)10-8-15)22-17-13-14(2)11-12-24(17)20/h7-13H,3-6H2,1-2H3,(H,23,25). The number of hydrogen-bond donors (Lipinski definition) is 1. The highest BCUT2D eigenvalue weighted by Crippen LogP contribution is 2.30. The lowest BCUT2D eigenvalue weighted by atomic mass is 10.1. The summed E-state index contributed by atoms with van der Waals surface area (Å²) in [6.07, 6.45) is 5.52. The van der Waals surface area contributed by atoms with E-state index in [9.17, 15) is 4.79 Å². The van der Waals surface area contributed by atoms with Crippen LogP contribution in [-0.4, -0.2) is 15.3 Å². The second-order valence-corrected chi connectivity index (χ2v) is 6.69. The van der Waals surface area contributed by atoms with Gasteiger partial charge in [-0.1, -0.05) is 43.5 Å². The lowest BCUT2D eigenvalue weighted by Gasteiger charge is -2.08. The zero-order valence-corrected chi connectivity index (χ0v) is 15.3. The Morgan fingerprint density at radius 3 is 2.68 bits per heavy atom. The van der Waals surface area contributed by atoms with Gasteiger partial charge in [0, 0.05) is 23.2 Å². The van der Waals surface area contributed by atoms with Gasteiger partial charge in [0.25, 0.3) is 0 Å². The van der Waals surface area contributed by atoms with E-state index in [0.29, 0.717) is 17.3 Å². The largest absolute Gasteiger partial charge is 0.310 e. The molecule has 25 heavy (non-hydrogen) atoms. The number of hydrogen-bond acceptors (Lipinski definition) is 2. The van der Waals surface area contributed by atoms with Gasteiger partial charge in [-0.15, -0.1) is 0 Å². The van der Waals surface area contributed by atoms with E-state index in [0.717, 1.165) is 41.7 Å². The van der Waals surface area contributed by atoms with Gasteiger partial charge in [0.1, 0.15) is 17.2 Å². The Morgan fingerprint density at radius 2 is 1.96 bits per heavy atom. The molecule has 0 aliphatic carbocycles. The fourth-order valence-corrected chi connectivity index (χ4v) is 2.93. The smallest absolute Gasteiger partial charge is 0.225 e. The number of pyridine rings is 1. The number of amides is 1. The Balaban J connectivity index is 2.00. The van der Waals surface area contributed by atoms with Crippen LogP contribution in [0, 0.1) is 6.92 Å². The van der Waals surface area contributed by atoms with Gasteiger partial charge in [-0.25, -0.2) is 4.98 Å². The number of benzene rings is 1. The number of anilines is 1. The topological polar surface area (TPSA) is 46.4 Å². The van der Waals surface area contributed by atoms with E-state index >= 15 is 0 Å². The van der Waals surface area contributed by atoms with Gasteiger partial charge in [-0.2, -0.15) is 0 Å². The van der Waals surface area contributed by atoms with Crippen molar-refractivity contribution in [1.82, 2.24) is 9.38 Å². The van der Waals surface area contributed by atoms with Crippen LogP contribution in [-0.2, 0) is 4.79 Å². The van der Waals surface area contributed by atoms with Gasteiger partial charge in [-0.3, -0.25) is 9.20 Å². The molecule has 0 aliphatic rings. The summed E-state index contributed by atoms with van der Waals surface area (Å²) >= 11 is 6.00. The molecule has 2 aromatic heterocycles. The van der Waals surface area contributed by atoms with Crippen LogP contribution in [0.5, 0.6) is 0 Å². The van der Waals surface area contributed by atoms with Crippen LogP contribution in [0.1, 0.15) is 38.2 Å². The molecule has 2 heterocycles. The van der Waals surface area contributed by atoms with Gasteiger partial charge >= 0.3 is 0 Å². The summed E-state index contributed by atoms with van der Waals surface area (Å²) in [6.45, 7) is 4.16. The van der Waals surface area contributed by atoms with E-state index in [-0.39, 0.29) is 5.91 Å². The van der Waals surface area contributed by atoms with Crippen LogP contribution in [0.3, 0.4) is 0 Å². The highest BCUT2D eigenvalue weighted by atomic mass is 35.5. The molecular weight excluding hydrogens is 334 g/mol. The maximum absolute atomic E-state index is 12.4. The lowest BCUT2D eigenvalue weighted by Crippen LogP contribution is -2.13. The van der Waals surface area contributed by atoms with Crippen molar-refractivity contribution in [2.45, 2.75) is 39.5 Å². The van der Waals surface area contributed by atoms with Crippen LogP contribution in [0.25, 0.3) is 16.9 Å². The fourth-order valence-electron chi connectivity index (χ4n) is 2.81. The third-order valence-electron chi connectivity index (χ3n) is 4.16. The third kappa shape index (κ3) is 4.02. The average molecular weight is 356 g/mol. The van der Waals surface area contributed by atoms with Crippen LogP contribution in [0.4, 0.5) is 5.82 Å². The first kappa shape index (κ1) is 17.5. The third-order valence-corrected chi connectivity index (χ3v) is 4.42. The summed E-state index contributed by atoms with van der Waals surface area (Å²) in [7, 11) is 0. The van der Waals surface area contributed by atoms with Crippen molar-refractivity contribution in [3.8, 4) is 11.3 Å². The summed E-state index contributed by atoms with van der Waals surface area (Å²) in [4.78, 5) is 17.1. The Bertz CT molecular complexity index is 884. The number of nitrogens with zero attached hydrogens (tertiary/aromatic N) is 2. The molecule has 3 aromatic rings. The van der Waals surface area contributed by atoms with Crippen LogP contribution in [0.15, 0.2) is 42.6 Å². The van der Waals surface area contributed by atoms with Crippen LogP contribution in [0.2, 0.25) is 5.02 Å². The number of nitrogens with one attached hydrogen (secondary N) is 1. The van der Waals surface area contributed by atoms with E-state index in [4.69, 9.17) is 16.6 Å². The molecule has 130 valence electrons. The molecule has 3 rings (SSSR count). The molecule has 0 fully saturated rings. The van der Waals surface area contributed by atoms with Crippen molar-refractivity contribution in [2.24, 2.45) is 0 Å². The van der Waals surface area contributed by atoms with Crippen molar-refractivity contribution in [3.05, 3.63) is 53.2 Å². The van der Waals surface area contributed by atoms with E-state index in [1.165, 1.54) is 0 Å². The number of carbonyl (C=O) groups excluding carboxylic acids is 1. The van der Waals surface area contributed by atoms with Crippen LogP contribution < -0.4 is 5.32 Å². The summed E-state index contributed by atoms with van der Waals surface area (Å²) in [5.74, 6) is 0.727. The zero-order chi connectivity index (χ0) is 17.8. The normalized spacial score (nSPS) is 11.0. The predicted molar refractivity (Wildman–Crippen MR) is 103 cm³/mol. The van der Waals surface area contributed by atoms with Crippen molar-refractivity contribution < 1.29 is 4.79 Å². The molecule has 0 spiro atoms. The number of fused-ring (bicyclic) bond motifs is 1. The summed E-state index contributed by atoms with van der Waals surface area (Å²) in [5, 5.41) is 3.73. The molecule has 5 heteroatoms. The van der Waals surface area contributed by atoms with Gasteiger partial charge in [-0.05, 0) is 43.2 Å². The van der Waals surface area contributed by atoms with E-state index in [1.54, 1.807) is 0 Å². The predicted octanol–water partition coefficient (Wildman–Crippen LogP) is 5.48. The summed E-state index contributed by atoms with van der Waals surface area (Å²) in [6, 6.07) is 11.5. The minimum Gasteiger partial charge on any atom is -0.310 e. The zero-order valence-electron chi connectivity index (χ0n) is 14.6. The minimum atomic E-state index is 0.0195. The number of carbonyl (C=O) groups is 1. The monoisotopic (exact) mass is 355 g/mol. The van der Waals surface area contributed by atoms with Gasteiger partial charge in [0.05, 0.1) is 0 Å². The lowest BCUT2D eigenvalue weighted by molar-refractivity contribution is -0.116. The molecule has 4 nitrogen and oxygen atoms in total. The average Bonchev–Trinajstić information content (AvgIpc) is 2.93. The number of halogens is 1. The fraction of sp³-hybridized carbons (Fsp3) is 0.300. The highest BCUT2D eigenvalue weighted by Gasteiger charge is 2.16. The molecule has 0 bridgehead atoms. The van der Waals surface area contributed by atoms with Crippen molar-refractivity contribution >= 4 is 29.0 Å². The molecule has 0 saturated heterocycles. The summed E-state index contributed by atoms with van der Waals surface area (Å²) < 4.78 is 1.93. The SMILES string of the molecule is CCCCCC(=O)Nc1c(-c2ccc(Cl)cc2)nc2cc(C)ccn12. The van der Waals surface area contributed by atoms with Crippen LogP contribution >= 0.6 is 11.6 Å². The van der Waals surface area contributed by atoms with Gasteiger partial charge in [0.2, 0.25) is 5.91 Å². The van der Waals surface area contributed by atoms with Crippen molar-refractivity contribution in [3.63, 3.8) is 0 Å². The Morgan fingerprint density at radius 1 is 1.20 bits per heavy atom. The van der Waals surface area contributed by atoms with E-state index < -0.39 is 0 Å². The molecule has 0 saturated carbocycles. The molecule has 1 aromatic carbocycles. The van der Waals surface area contributed by atoms with E-state index in [2.05, 4.69) is 12.2 Å². The first-order chi connectivity index (χ1) is 12.1. The first-order valence-corrected chi connectivity index (χ1v) is 9.01. The molecule has 0 atom stereocenters. The number of unbranched alkanes of at least 4 members (excludes halogenated alkanes) is 2. The van der Waals surface area contributed by atoms with E-state index in [1.807, 2.05) is 53.9 Å². The second kappa shape index (κ2) is 7.70. The molecule has 0 radical (unpaired) electrons. The quantitative estimate of drug-likeness (QED) is 0.595. The maximum Gasteiger partial charge on any atom is 0.225 e. The Labute approximate surface area is 152 Å². The molecular formula is C20H22ClN3O.